The molecule has 5 heteroatoms. The van der Waals surface area contributed by atoms with Crippen LogP contribution in [0.3, 0.4) is 0 Å². The Morgan fingerprint density at radius 1 is 1.41 bits per heavy atom. The Bertz CT molecular complexity index is 531. The zero-order valence-corrected chi connectivity index (χ0v) is 9.85. The molecule has 0 saturated heterocycles. The van der Waals surface area contributed by atoms with E-state index in [9.17, 15) is 0 Å². The first-order chi connectivity index (χ1) is 8.33. The van der Waals surface area contributed by atoms with Crippen LogP contribution in [0.25, 0.3) is 0 Å². The van der Waals surface area contributed by atoms with Crippen LogP contribution < -0.4 is 5.32 Å². The molecule has 0 radical (unpaired) electrons. The molecule has 2 aromatic rings. The zero-order valence-electron chi connectivity index (χ0n) is 9.85. The minimum absolute atomic E-state index is 0.763. The van der Waals surface area contributed by atoms with Gasteiger partial charge in [0.25, 0.3) is 0 Å². The van der Waals surface area contributed by atoms with Gasteiger partial charge in [0.2, 0.25) is 0 Å². The second-order valence-corrected chi connectivity index (χ2v) is 4.35. The number of nitrogens with one attached hydrogen (secondary N) is 1. The number of nitrogens with zero attached hydrogens (tertiary/aromatic N) is 4. The quantitative estimate of drug-likeness (QED) is 0.812. The Balaban J connectivity index is 1.92. The van der Waals surface area contributed by atoms with Gasteiger partial charge in [0.05, 0.1) is 7.05 Å². The van der Waals surface area contributed by atoms with Crippen LogP contribution in [0.2, 0.25) is 0 Å². The van der Waals surface area contributed by atoms with Gasteiger partial charge in [-0.15, -0.1) is 10.2 Å². The predicted molar refractivity (Wildman–Crippen MR) is 63.5 cm³/mol. The fraction of sp³-hybridized carbons (Fsp3) is 0.417. The topological polar surface area (TPSA) is 55.6 Å². The number of aromatic nitrogens is 4. The number of benzene rings is 1. The number of hydrogen-bond donors (Lipinski definition) is 1. The third kappa shape index (κ3) is 2.06. The maximum atomic E-state index is 4.23. The van der Waals surface area contributed by atoms with Crippen LogP contribution in [0.15, 0.2) is 18.2 Å². The molecule has 0 fully saturated rings. The molecule has 88 valence electrons. The number of tetrazole rings is 1. The van der Waals surface area contributed by atoms with Gasteiger partial charge >= 0.3 is 0 Å². The van der Waals surface area contributed by atoms with Gasteiger partial charge in [0, 0.05) is 13.0 Å². The molecule has 1 N–H and O–H groups in total. The third-order valence-corrected chi connectivity index (χ3v) is 3.14. The van der Waals surface area contributed by atoms with Crippen molar-refractivity contribution in [1.82, 2.24) is 25.5 Å². The van der Waals surface area contributed by atoms with E-state index in [1.807, 2.05) is 0 Å². The van der Waals surface area contributed by atoms with E-state index >= 15 is 0 Å². The minimum Gasteiger partial charge on any atom is -0.312 e. The van der Waals surface area contributed by atoms with Gasteiger partial charge in [0.15, 0.2) is 5.82 Å². The van der Waals surface area contributed by atoms with Crippen LogP contribution in [0.5, 0.6) is 0 Å². The van der Waals surface area contributed by atoms with Gasteiger partial charge in [-0.1, -0.05) is 18.2 Å². The average Bonchev–Trinajstić information content (AvgIpc) is 2.75. The summed E-state index contributed by atoms with van der Waals surface area (Å²) in [6.45, 7) is 2.02. The lowest BCUT2D eigenvalue weighted by Gasteiger charge is -2.19. The molecule has 17 heavy (non-hydrogen) atoms. The van der Waals surface area contributed by atoms with Crippen molar-refractivity contribution in [3.8, 4) is 0 Å². The number of aryl methyl sites for hydroxylation is 1. The van der Waals surface area contributed by atoms with E-state index in [0.29, 0.717) is 0 Å². The van der Waals surface area contributed by atoms with Crippen molar-refractivity contribution >= 4 is 0 Å². The van der Waals surface area contributed by atoms with Gasteiger partial charge in [0.1, 0.15) is 0 Å². The first-order valence-electron chi connectivity index (χ1n) is 5.86. The van der Waals surface area contributed by atoms with Crippen molar-refractivity contribution in [1.29, 1.82) is 0 Å². The second kappa shape index (κ2) is 4.25. The fourth-order valence-electron chi connectivity index (χ4n) is 2.32. The minimum atomic E-state index is 0.763. The molecule has 0 spiro atoms. The van der Waals surface area contributed by atoms with E-state index in [0.717, 1.165) is 31.8 Å². The fourth-order valence-corrected chi connectivity index (χ4v) is 2.32. The highest BCUT2D eigenvalue weighted by Crippen LogP contribution is 2.20. The molecule has 1 aliphatic heterocycles. The Morgan fingerprint density at radius 3 is 3.18 bits per heavy atom. The standard InChI is InChI=1S/C12H15N5/c1-17-15-12(14-16-17)7-10-4-2-3-9-5-6-13-8-11(9)10/h2-4,13H,5-8H2,1H3. The first kappa shape index (κ1) is 10.4. The maximum Gasteiger partial charge on any atom is 0.179 e. The highest BCUT2D eigenvalue weighted by Gasteiger charge is 2.13. The van der Waals surface area contributed by atoms with E-state index in [4.69, 9.17) is 0 Å². The van der Waals surface area contributed by atoms with E-state index in [1.165, 1.54) is 21.5 Å². The summed E-state index contributed by atoms with van der Waals surface area (Å²) in [7, 11) is 1.79. The van der Waals surface area contributed by atoms with Gasteiger partial charge < -0.3 is 5.32 Å². The molecule has 0 unspecified atom stereocenters. The lowest BCUT2D eigenvalue weighted by Crippen LogP contribution is -2.24. The molecule has 0 atom stereocenters. The second-order valence-electron chi connectivity index (χ2n) is 4.35. The molecule has 1 aliphatic rings. The van der Waals surface area contributed by atoms with Gasteiger partial charge in [-0.3, -0.25) is 0 Å². The summed E-state index contributed by atoms with van der Waals surface area (Å²) in [5.74, 6) is 0.784. The van der Waals surface area contributed by atoms with Crippen LogP contribution in [0.1, 0.15) is 22.5 Å². The van der Waals surface area contributed by atoms with Crippen LogP contribution in [0, 0.1) is 0 Å². The molecule has 5 nitrogen and oxygen atoms in total. The maximum absolute atomic E-state index is 4.23. The average molecular weight is 229 g/mol. The first-order valence-corrected chi connectivity index (χ1v) is 5.86. The number of fused-ring (bicyclic) bond motifs is 1. The predicted octanol–water partition coefficient (Wildman–Crippen LogP) is 0.447. The van der Waals surface area contributed by atoms with Crippen molar-refractivity contribution in [2.24, 2.45) is 7.05 Å². The van der Waals surface area contributed by atoms with Crippen molar-refractivity contribution in [3.63, 3.8) is 0 Å². The number of hydrogen-bond acceptors (Lipinski definition) is 4. The lowest BCUT2D eigenvalue weighted by molar-refractivity contribution is 0.627. The Kier molecular flexibility index (Phi) is 2.60. The monoisotopic (exact) mass is 229 g/mol. The molecule has 1 aromatic carbocycles. The zero-order chi connectivity index (χ0) is 11.7. The molecule has 1 aromatic heterocycles. The van der Waals surface area contributed by atoms with Crippen molar-refractivity contribution in [3.05, 3.63) is 40.7 Å². The summed E-state index contributed by atoms with van der Waals surface area (Å²) in [4.78, 5) is 1.50. The van der Waals surface area contributed by atoms with E-state index < -0.39 is 0 Å². The van der Waals surface area contributed by atoms with E-state index in [1.54, 1.807) is 7.05 Å². The SMILES string of the molecule is Cn1nnc(Cc2cccc3c2CNCC3)n1. The van der Waals surface area contributed by atoms with Gasteiger partial charge in [-0.25, -0.2) is 0 Å². The largest absolute Gasteiger partial charge is 0.312 e. The highest BCUT2D eigenvalue weighted by molar-refractivity contribution is 5.38. The summed E-state index contributed by atoms with van der Waals surface area (Å²) in [6.07, 6.45) is 1.87. The Hall–Kier alpha value is -1.75. The van der Waals surface area contributed by atoms with E-state index in [-0.39, 0.29) is 0 Å². The molecule has 3 rings (SSSR count). The Labute approximate surface area is 99.8 Å². The molecule has 0 amide bonds. The van der Waals surface area contributed by atoms with E-state index in [2.05, 4.69) is 38.9 Å². The summed E-state index contributed by atoms with van der Waals surface area (Å²) in [5, 5.41) is 15.5. The van der Waals surface area contributed by atoms with Gasteiger partial charge in [-0.2, -0.15) is 4.80 Å². The molecule has 0 saturated carbocycles. The van der Waals surface area contributed by atoms with Crippen LogP contribution >= 0.6 is 0 Å². The molecular weight excluding hydrogens is 214 g/mol. The smallest absolute Gasteiger partial charge is 0.179 e. The summed E-state index contributed by atoms with van der Waals surface area (Å²) >= 11 is 0. The summed E-state index contributed by atoms with van der Waals surface area (Å²) < 4.78 is 0. The van der Waals surface area contributed by atoms with Crippen LogP contribution in [0.4, 0.5) is 0 Å². The van der Waals surface area contributed by atoms with Crippen LogP contribution in [-0.4, -0.2) is 26.8 Å². The van der Waals surface area contributed by atoms with Crippen molar-refractivity contribution < 1.29 is 0 Å². The van der Waals surface area contributed by atoms with Gasteiger partial charge in [-0.05, 0) is 34.9 Å². The third-order valence-electron chi connectivity index (χ3n) is 3.14. The normalized spacial score (nSPS) is 14.6. The summed E-state index contributed by atoms with van der Waals surface area (Å²) in [5.41, 5.74) is 4.17. The molecule has 0 aliphatic carbocycles. The van der Waals surface area contributed by atoms with Crippen molar-refractivity contribution in [2.45, 2.75) is 19.4 Å². The number of rotatable bonds is 2. The lowest BCUT2D eigenvalue weighted by atomic mass is 9.94. The van der Waals surface area contributed by atoms with Crippen molar-refractivity contribution in [2.75, 3.05) is 6.54 Å². The van der Waals surface area contributed by atoms with Crippen LogP contribution in [-0.2, 0) is 26.4 Å². The molecule has 0 bridgehead atoms. The molecular formula is C12H15N5. The summed E-state index contributed by atoms with van der Waals surface area (Å²) in [6, 6.07) is 6.49. The highest BCUT2D eigenvalue weighted by atomic mass is 15.6. The Morgan fingerprint density at radius 2 is 2.35 bits per heavy atom. The molecule has 2 heterocycles.